The molecule has 4 rings (SSSR count). The van der Waals surface area contributed by atoms with Gasteiger partial charge in [0.05, 0.1) is 20.9 Å². The van der Waals surface area contributed by atoms with Crippen molar-refractivity contribution in [3.63, 3.8) is 0 Å². The SMILES string of the molecule is COc1cc2c(cc1OC)CN(CN1C(=O)C(=O)N([C@H]3CCCC[C@@H]3C)C1=O)CC2. The van der Waals surface area contributed by atoms with Gasteiger partial charge in [0.1, 0.15) is 0 Å². The zero-order chi connectivity index (χ0) is 21.4. The molecular formula is C22H29N3O5. The molecule has 8 nitrogen and oxygen atoms in total. The van der Waals surface area contributed by atoms with Crippen LogP contribution in [0.5, 0.6) is 11.5 Å². The van der Waals surface area contributed by atoms with Gasteiger partial charge >= 0.3 is 17.8 Å². The fourth-order valence-electron chi connectivity index (χ4n) is 4.88. The second-order valence-corrected chi connectivity index (χ2v) is 8.44. The molecule has 1 saturated carbocycles. The number of ether oxygens (including phenoxy) is 2. The average Bonchev–Trinajstić information content (AvgIpc) is 2.96. The van der Waals surface area contributed by atoms with Gasteiger partial charge in [0.2, 0.25) is 0 Å². The first-order valence-corrected chi connectivity index (χ1v) is 10.6. The number of hydrogen-bond donors (Lipinski definition) is 0. The number of carbonyl (C=O) groups excluding carboxylic acids is 3. The molecule has 1 saturated heterocycles. The molecule has 30 heavy (non-hydrogen) atoms. The molecule has 0 unspecified atom stereocenters. The number of carbonyl (C=O) groups is 3. The number of nitrogens with zero attached hydrogens (tertiary/aromatic N) is 3. The zero-order valence-corrected chi connectivity index (χ0v) is 17.8. The van der Waals surface area contributed by atoms with Crippen molar-refractivity contribution in [2.75, 3.05) is 27.4 Å². The molecule has 1 aromatic rings. The summed E-state index contributed by atoms with van der Waals surface area (Å²) in [6.07, 6.45) is 4.60. The van der Waals surface area contributed by atoms with Crippen LogP contribution in [0.4, 0.5) is 4.79 Å². The van der Waals surface area contributed by atoms with Crippen molar-refractivity contribution in [1.82, 2.24) is 14.7 Å². The van der Waals surface area contributed by atoms with Gasteiger partial charge in [-0.25, -0.2) is 9.69 Å². The maximum absolute atomic E-state index is 13.0. The molecule has 8 heteroatoms. The molecule has 162 valence electrons. The minimum Gasteiger partial charge on any atom is -0.493 e. The van der Waals surface area contributed by atoms with Crippen molar-refractivity contribution >= 4 is 17.8 Å². The van der Waals surface area contributed by atoms with Crippen LogP contribution in [0.2, 0.25) is 0 Å². The summed E-state index contributed by atoms with van der Waals surface area (Å²) < 4.78 is 10.8. The van der Waals surface area contributed by atoms with Crippen LogP contribution in [0.15, 0.2) is 12.1 Å². The first-order valence-electron chi connectivity index (χ1n) is 10.6. The van der Waals surface area contributed by atoms with Crippen molar-refractivity contribution in [2.45, 2.75) is 51.6 Å². The lowest BCUT2D eigenvalue weighted by Gasteiger charge is -2.35. The van der Waals surface area contributed by atoms with Gasteiger partial charge in [0.25, 0.3) is 0 Å². The van der Waals surface area contributed by atoms with Gasteiger partial charge in [0.15, 0.2) is 11.5 Å². The highest BCUT2D eigenvalue weighted by Crippen LogP contribution is 2.34. The molecule has 1 aliphatic carbocycles. The Labute approximate surface area is 176 Å². The predicted octanol–water partition coefficient (Wildman–Crippen LogP) is 2.39. The fourth-order valence-corrected chi connectivity index (χ4v) is 4.88. The van der Waals surface area contributed by atoms with Gasteiger partial charge in [-0.1, -0.05) is 19.8 Å². The minimum atomic E-state index is -0.712. The third-order valence-electron chi connectivity index (χ3n) is 6.62. The Hall–Kier alpha value is -2.61. The number of hydrogen-bond acceptors (Lipinski definition) is 6. The van der Waals surface area contributed by atoms with E-state index in [9.17, 15) is 14.4 Å². The molecule has 0 bridgehead atoms. The molecule has 0 N–H and O–H groups in total. The van der Waals surface area contributed by atoms with Crippen molar-refractivity contribution in [2.24, 2.45) is 5.92 Å². The molecule has 3 aliphatic rings. The molecule has 0 radical (unpaired) electrons. The highest BCUT2D eigenvalue weighted by Gasteiger charge is 2.49. The molecule has 2 heterocycles. The van der Waals surface area contributed by atoms with Crippen LogP contribution >= 0.6 is 0 Å². The lowest BCUT2D eigenvalue weighted by atomic mass is 9.85. The predicted molar refractivity (Wildman–Crippen MR) is 109 cm³/mol. The van der Waals surface area contributed by atoms with E-state index in [1.165, 1.54) is 4.90 Å². The highest BCUT2D eigenvalue weighted by atomic mass is 16.5. The van der Waals surface area contributed by atoms with Gasteiger partial charge in [-0.15, -0.1) is 0 Å². The molecular weight excluding hydrogens is 386 g/mol. The van der Waals surface area contributed by atoms with E-state index in [1.54, 1.807) is 14.2 Å². The van der Waals surface area contributed by atoms with E-state index in [4.69, 9.17) is 9.47 Å². The third kappa shape index (κ3) is 3.53. The molecule has 0 spiro atoms. The number of rotatable bonds is 5. The number of methoxy groups -OCH3 is 2. The van der Waals surface area contributed by atoms with Gasteiger partial charge in [-0.05, 0) is 48.4 Å². The van der Waals surface area contributed by atoms with Gasteiger partial charge in [-0.3, -0.25) is 19.4 Å². The first kappa shape index (κ1) is 20.7. The number of benzene rings is 1. The van der Waals surface area contributed by atoms with E-state index < -0.39 is 17.8 Å². The van der Waals surface area contributed by atoms with Crippen LogP contribution < -0.4 is 9.47 Å². The second kappa shape index (κ2) is 8.26. The monoisotopic (exact) mass is 415 g/mol. The first-order chi connectivity index (χ1) is 14.4. The normalized spacial score (nSPS) is 25.0. The summed E-state index contributed by atoms with van der Waals surface area (Å²) in [6, 6.07) is 3.27. The van der Waals surface area contributed by atoms with Crippen LogP contribution in [0.3, 0.4) is 0 Å². The zero-order valence-electron chi connectivity index (χ0n) is 17.8. The molecule has 2 aliphatic heterocycles. The number of amides is 4. The molecule has 2 atom stereocenters. The van der Waals surface area contributed by atoms with E-state index in [1.807, 2.05) is 17.0 Å². The van der Waals surface area contributed by atoms with Gasteiger partial charge in [-0.2, -0.15) is 0 Å². The van der Waals surface area contributed by atoms with Crippen LogP contribution in [0.1, 0.15) is 43.7 Å². The standard InChI is InChI=1S/C22H29N3O5/c1-14-6-4-5-7-17(14)25-21(27)20(26)24(22(25)28)13-23-9-8-15-10-18(29-2)19(30-3)11-16(15)12-23/h10-11,14,17H,4-9,12-13H2,1-3H3/t14-,17-/m0/s1. The lowest BCUT2D eigenvalue weighted by Crippen LogP contribution is -2.47. The van der Waals surface area contributed by atoms with Crippen molar-refractivity contribution in [1.29, 1.82) is 0 Å². The van der Waals surface area contributed by atoms with Crippen molar-refractivity contribution in [3.8, 4) is 11.5 Å². The van der Waals surface area contributed by atoms with Crippen LogP contribution in [0.25, 0.3) is 0 Å². The quantitative estimate of drug-likeness (QED) is 0.543. The summed E-state index contributed by atoms with van der Waals surface area (Å²) in [5.41, 5.74) is 2.23. The Kier molecular flexibility index (Phi) is 5.69. The van der Waals surface area contributed by atoms with Crippen LogP contribution in [-0.4, -0.2) is 66.0 Å². The van der Waals surface area contributed by atoms with Crippen LogP contribution in [0, 0.1) is 5.92 Å². The molecule has 1 aromatic carbocycles. The molecule has 2 fully saturated rings. The smallest absolute Gasteiger partial charge is 0.335 e. The molecule has 4 amide bonds. The van der Waals surface area contributed by atoms with E-state index in [0.717, 1.165) is 48.1 Å². The van der Waals surface area contributed by atoms with Gasteiger partial charge in [0, 0.05) is 19.1 Å². The highest BCUT2D eigenvalue weighted by molar-refractivity contribution is 6.44. The molecule has 0 aromatic heterocycles. The Bertz CT molecular complexity index is 871. The summed E-state index contributed by atoms with van der Waals surface area (Å²) >= 11 is 0. The summed E-state index contributed by atoms with van der Waals surface area (Å²) in [6.45, 7) is 3.43. The minimum absolute atomic E-state index is 0.120. The average molecular weight is 415 g/mol. The number of urea groups is 1. The van der Waals surface area contributed by atoms with E-state index in [2.05, 4.69) is 6.92 Å². The number of imide groups is 2. The Morgan fingerprint density at radius 1 is 0.967 bits per heavy atom. The summed E-state index contributed by atoms with van der Waals surface area (Å²) in [4.78, 5) is 42.6. The lowest BCUT2D eigenvalue weighted by molar-refractivity contribution is -0.145. The van der Waals surface area contributed by atoms with Gasteiger partial charge < -0.3 is 9.47 Å². The third-order valence-corrected chi connectivity index (χ3v) is 6.62. The largest absolute Gasteiger partial charge is 0.493 e. The van der Waals surface area contributed by atoms with E-state index in [-0.39, 0.29) is 18.6 Å². The maximum Gasteiger partial charge on any atom is 0.335 e. The maximum atomic E-state index is 13.0. The topological polar surface area (TPSA) is 79.4 Å². The Morgan fingerprint density at radius 3 is 2.30 bits per heavy atom. The Balaban J connectivity index is 1.49. The van der Waals surface area contributed by atoms with Crippen LogP contribution in [-0.2, 0) is 22.6 Å². The number of fused-ring (bicyclic) bond motifs is 1. The second-order valence-electron chi connectivity index (χ2n) is 8.44. The van der Waals surface area contributed by atoms with Crippen molar-refractivity contribution < 1.29 is 23.9 Å². The van der Waals surface area contributed by atoms with E-state index >= 15 is 0 Å². The summed E-state index contributed by atoms with van der Waals surface area (Å²) in [5.74, 6) is 0.179. The summed E-state index contributed by atoms with van der Waals surface area (Å²) in [5, 5.41) is 0. The fraction of sp³-hybridized carbons (Fsp3) is 0.591. The van der Waals surface area contributed by atoms with Crippen molar-refractivity contribution in [3.05, 3.63) is 23.3 Å². The Morgan fingerprint density at radius 2 is 1.63 bits per heavy atom. The summed E-state index contributed by atoms with van der Waals surface area (Å²) in [7, 11) is 3.21. The van der Waals surface area contributed by atoms with E-state index in [0.29, 0.717) is 24.6 Å².